The third-order valence-electron chi connectivity index (χ3n) is 9.00. The van der Waals surface area contributed by atoms with E-state index in [2.05, 4.69) is 82.8 Å². The zero-order chi connectivity index (χ0) is 31.8. The van der Waals surface area contributed by atoms with Crippen LogP contribution >= 0.6 is 11.6 Å². The first kappa shape index (κ1) is 34.0. The Morgan fingerprint density at radius 3 is 2.17 bits per heavy atom. The average molecular weight is 630 g/mol. The van der Waals surface area contributed by atoms with Crippen LogP contribution in [0, 0.1) is 19.3 Å². The van der Waals surface area contributed by atoms with Crippen molar-refractivity contribution in [1.29, 1.82) is 0 Å². The third kappa shape index (κ3) is 7.33. The van der Waals surface area contributed by atoms with Gasteiger partial charge in [0.1, 0.15) is 5.75 Å². The highest BCUT2D eigenvalue weighted by molar-refractivity contribution is 6.75. The second-order valence-corrected chi connectivity index (χ2v) is 24.0. The number of aromatic nitrogens is 2. The fourth-order valence-corrected chi connectivity index (χ4v) is 6.77. The second kappa shape index (κ2) is 12.2. The van der Waals surface area contributed by atoms with E-state index in [1.165, 1.54) is 6.07 Å². The molecule has 0 saturated carbocycles. The van der Waals surface area contributed by atoms with Crippen molar-refractivity contribution in [3.8, 4) is 17.2 Å². The first-order chi connectivity index (χ1) is 19.2. The van der Waals surface area contributed by atoms with E-state index in [-0.39, 0.29) is 33.7 Å². The Bertz CT molecular complexity index is 1470. The minimum absolute atomic E-state index is 0.00801. The average Bonchev–Trinajstić information content (AvgIpc) is 3.34. The number of benzene rings is 2. The Balaban J connectivity index is 1.99. The van der Waals surface area contributed by atoms with Crippen molar-refractivity contribution in [1.82, 2.24) is 10.2 Å². The highest BCUT2D eigenvalue weighted by Gasteiger charge is 2.41. The van der Waals surface area contributed by atoms with E-state index in [9.17, 15) is 0 Å². The topological polar surface area (TPSA) is 61.7 Å². The van der Waals surface area contributed by atoms with Gasteiger partial charge in [-0.1, -0.05) is 65.3 Å². The standard InChI is InChI=1S/C32H45ClFN3O3Si2/c1-20-22(14-16-26(35-9)28(20)33)18-24(21(2)39-41(10,11)31(3,4)5)30-37-36-29(38-30)23-15-17-27(25(34)19-23)40-42(12,13)32(6,7)8/h14-17,19,21,24H,18H2,1-8,10-13H3/t21-,24+/m0/s1. The summed E-state index contributed by atoms with van der Waals surface area (Å²) in [6.07, 6.45) is 0.268. The summed E-state index contributed by atoms with van der Waals surface area (Å²) >= 11 is 6.52. The summed E-state index contributed by atoms with van der Waals surface area (Å²) in [5, 5.41) is 9.12. The number of rotatable bonds is 9. The smallest absolute Gasteiger partial charge is 0.250 e. The summed E-state index contributed by atoms with van der Waals surface area (Å²) in [5.74, 6) is 0.108. The SMILES string of the molecule is [C-]#[N+]c1ccc(C[C@@H](c2nnc(-c3ccc(O[Si](C)(C)C(C)(C)C)c(F)c3)o2)[C@H](C)O[Si](C)(C)C(C)(C)C)c(C)c1Cl. The zero-order valence-corrected chi connectivity index (χ0v) is 29.8. The van der Waals surface area contributed by atoms with Crippen LogP contribution in [0.2, 0.25) is 41.3 Å². The first-order valence-electron chi connectivity index (χ1n) is 14.3. The Labute approximate surface area is 258 Å². The molecule has 0 fully saturated rings. The maximum atomic E-state index is 15.2. The van der Waals surface area contributed by atoms with Crippen molar-refractivity contribution in [2.45, 2.75) is 110 Å². The molecule has 0 unspecified atom stereocenters. The summed E-state index contributed by atoms with van der Waals surface area (Å²) in [6.45, 7) is 32.9. The van der Waals surface area contributed by atoms with Crippen molar-refractivity contribution >= 4 is 33.9 Å². The molecule has 0 saturated heterocycles. The molecule has 0 aliphatic carbocycles. The van der Waals surface area contributed by atoms with Crippen molar-refractivity contribution in [2.75, 3.05) is 0 Å². The van der Waals surface area contributed by atoms with Gasteiger partial charge in [-0.15, -0.1) is 10.2 Å². The van der Waals surface area contributed by atoms with E-state index >= 15 is 4.39 Å². The van der Waals surface area contributed by atoms with Gasteiger partial charge in [-0.2, -0.15) is 0 Å². The molecule has 2 atom stereocenters. The molecule has 0 radical (unpaired) electrons. The lowest BCUT2D eigenvalue weighted by molar-refractivity contribution is 0.154. The molecule has 10 heteroatoms. The van der Waals surface area contributed by atoms with Crippen LogP contribution in [0.25, 0.3) is 16.3 Å². The highest BCUT2D eigenvalue weighted by atomic mass is 35.5. The van der Waals surface area contributed by atoms with Crippen LogP contribution in [0.1, 0.15) is 71.4 Å². The Morgan fingerprint density at radius 2 is 1.62 bits per heavy atom. The largest absolute Gasteiger partial charge is 0.542 e. The van der Waals surface area contributed by atoms with E-state index in [1.54, 1.807) is 18.2 Å². The molecule has 6 nitrogen and oxygen atoms in total. The molecule has 1 aromatic heterocycles. The Hall–Kier alpha value is -2.52. The summed E-state index contributed by atoms with van der Waals surface area (Å²) in [6, 6.07) is 8.44. The normalized spacial score (nSPS) is 14.4. The van der Waals surface area contributed by atoms with Gasteiger partial charge in [0, 0.05) is 5.56 Å². The van der Waals surface area contributed by atoms with Gasteiger partial charge in [0.2, 0.25) is 17.5 Å². The minimum atomic E-state index is -2.21. The van der Waals surface area contributed by atoms with E-state index in [0.29, 0.717) is 28.6 Å². The molecular formula is C32H45ClFN3O3Si2. The van der Waals surface area contributed by atoms with Crippen LogP contribution in [-0.4, -0.2) is 32.9 Å². The summed E-state index contributed by atoms with van der Waals surface area (Å²) < 4.78 is 34.4. The van der Waals surface area contributed by atoms with Gasteiger partial charge in [0.05, 0.1) is 23.6 Å². The number of hydrogen-bond donors (Lipinski definition) is 0. The van der Waals surface area contributed by atoms with Gasteiger partial charge in [-0.05, 0) is 85.9 Å². The van der Waals surface area contributed by atoms with Crippen LogP contribution < -0.4 is 4.43 Å². The summed E-state index contributed by atoms with van der Waals surface area (Å²) in [4.78, 5) is 3.52. The number of halogens is 2. The van der Waals surface area contributed by atoms with E-state index in [0.717, 1.165) is 11.1 Å². The Morgan fingerprint density at radius 1 is 1.00 bits per heavy atom. The molecule has 3 aromatic rings. The van der Waals surface area contributed by atoms with Gasteiger partial charge in [0.25, 0.3) is 8.32 Å². The quantitative estimate of drug-likeness (QED) is 0.174. The van der Waals surface area contributed by atoms with E-state index in [1.807, 2.05) is 19.9 Å². The maximum absolute atomic E-state index is 15.2. The van der Waals surface area contributed by atoms with Crippen molar-refractivity contribution in [2.24, 2.45) is 0 Å². The lowest BCUT2D eigenvalue weighted by atomic mass is 9.92. The highest BCUT2D eigenvalue weighted by Crippen LogP contribution is 2.41. The minimum Gasteiger partial charge on any atom is -0.542 e. The van der Waals surface area contributed by atoms with E-state index < -0.39 is 22.5 Å². The molecule has 0 spiro atoms. The van der Waals surface area contributed by atoms with Crippen LogP contribution in [0.4, 0.5) is 10.1 Å². The van der Waals surface area contributed by atoms with Gasteiger partial charge >= 0.3 is 0 Å². The fraction of sp³-hybridized carbons (Fsp3) is 0.531. The lowest BCUT2D eigenvalue weighted by Gasteiger charge is -2.40. The third-order valence-corrected chi connectivity index (χ3v) is 18.4. The first-order valence-corrected chi connectivity index (χ1v) is 20.5. The summed E-state index contributed by atoms with van der Waals surface area (Å²) in [5.41, 5.74) is 2.71. The van der Waals surface area contributed by atoms with Crippen LogP contribution in [-0.2, 0) is 10.8 Å². The van der Waals surface area contributed by atoms with Gasteiger partial charge in [-0.25, -0.2) is 9.24 Å². The zero-order valence-electron chi connectivity index (χ0n) is 27.1. The second-order valence-electron chi connectivity index (χ2n) is 14.1. The Kier molecular flexibility index (Phi) is 9.90. The molecule has 0 aliphatic heterocycles. The van der Waals surface area contributed by atoms with Gasteiger partial charge in [-0.3, -0.25) is 0 Å². The van der Waals surface area contributed by atoms with Crippen LogP contribution in [0.15, 0.2) is 34.7 Å². The van der Waals surface area contributed by atoms with Crippen molar-refractivity contribution < 1.29 is 17.7 Å². The molecule has 228 valence electrons. The van der Waals surface area contributed by atoms with Crippen LogP contribution in [0.3, 0.4) is 0 Å². The van der Waals surface area contributed by atoms with Crippen molar-refractivity contribution in [3.63, 3.8) is 0 Å². The fourth-order valence-electron chi connectivity index (χ4n) is 4.08. The molecule has 2 aromatic carbocycles. The van der Waals surface area contributed by atoms with Gasteiger partial charge < -0.3 is 13.3 Å². The van der Waals surface area contributed by atoms with Gasteiger partial charge in [0.15, 0.2) is 14.1 Å². The van der Waals surface area contributed by atoms with Crippen LogP contribution in [0.5, 0.6) is 5.75 Å². The molecule has 0 bridgehead atoms. The lowest BCUT2D eigenvalue weighted by Crippen LogP contribution is -2.44. The molecule has 42 heavy (non-hydrogen) atoms. The molecular weight excluding hydrogens is 585 g/mol. The number of hydrogen-bond acceptors (Lipinski definition) is 5. The van der Waals surface area contributed by atoms with Crippen molar-refractivity contribution in [3.05, 3.63) is 69.6 Å². The predicted molar refractivity (Wildman–Crippen MR) is 174 cm³/mol. The molecule has 1 heterocycles. The summed E-state index contributed by atoms with van der Waals surface area (Å²) in [7, 11) is -4.35. The number of nitrogens with zero attached hydrogens (tertiary/aromatic N) is 3. The maximum Gasteiger partial charge on any atom is 0.250 e. The predicted octanol–water partition coefficient (Wildman–Crippen LogP) is 10.5. The molecule has 3 rings (SSSR count). The molecule has 0 N–H and O–H groups in total. The molecule has 0 aliphatic rings. The monoisotopic (exact) mass is 629 g/mol. The van der Waals surface area contributed by atoms with E-state index in [4.69, 9.17) is 31.4 Å². The molecule has 0 amide bonds.